The SMILES string of the molecule is [C-]#[N+]c1ccc(CN(Cc2ccc(Oc3cccc(OCCc4ccco4)c3)cc2)c2cccc(NS(C)(=O)=O)c2C)cc1. The molecule has 0 spiro atoms. The normalized spacial score (nSPS) is 11.0. The maximum Gasteiger partial charge on any atom is 0.229 e. The van der Waals surface area contributed by atoms with Crippen LogP contribution in [0.4, 0.5) is 17.1 Å². The molecule has 1 N–H and O–H groups in total. The molecule has 5 aromatic rings. The van der Waals surface area contributed by atoms with Gasteiger partial charge in [-0.3, -0.25) is 4.72 Å². The van der Waals surface area contributed by atoms with Gasteiger partial charge in [-0.25, -0.2) is 13.3 Å². The first-order valence-corrected chi connectivity index (χ1v) is 16.0. The van der Waals surface area contributed by atoms with Gasteiger partial charge in [0.25, 0.3) is 0 Å². The molecule has 0 aliphatic rings. The van der Waals surface area contributed by atoms with Crippen molar-refractivity contribution in [3.8, 4) is 17.2 Å². The minimum atomic E-state index is -3.44. The lowest BCUT2D eigenvalue weighted by atomic mass is 10.1. The molecule has 0 aliphatic carbocycles. The molecule has 4 aromatic carbocycles. The number of benzene rings is 4. The molecule has 0 fully saturated rings. The van der Waals surface area contributed by atoms with Crippen LogP contribution in [0.1, 0.15) is 22.5 Å². The van der Waals surface area contributed by atoms with E-state index in [1.165, 1.54) is 0 Å². The number of furan rings is 1. The Morgan fingerprint density at radius 2 is 1.52 bits per heavy atom. The van der Waals surface area contributed by atoms with Crippen LogP contribution in [0.3, 0.4) is 0 Å². The number of anilines is 2. The molecule has 0 amide bonds. The minimum Gasteiger partial charge on any atom is -0.493 e. The summed E-state index contributed by atoms with van der Waals surface area (Å²) in [6, 6.07) is 32.3. The lowest BCUT2D eigenvalue weighted by Gasteiger charge is -2.28. The Morgan fingerprint density at radius 1 is 0.841 bits per heavy atom. The number of rotatable bonds is 13. The molecule has 1 heterocycles. The van der Waals surface area contributed by atoms with Gasteiger partial charge in [0.15, 0.2) is 5.69 Å². The molecule has 1 aromatic heterocycles. The molecule has 9 heteroatoms. The molecule has 0 bridgehead atoms. The fraction of sp³-hybridized carbons (Fsp3) is 0.171. The molecule has 0 saturated heterocycles. The molecule has 224 valence electrons. The van der Waals surface area contributed by atoms with E-state index < -0.39 is 10.0 Å². The topological polar surface area (TPSA) is 85.4 Å². The third-order valence-electron chi connectivity index (χ3n) is 6.92. The van der Waals surface area contributed by atoms with E-state index in [0.29, 0.717) is 54.7 Å². The van der Waals surface area contributed by atoms with E-state index in [2.05, 4.69) is 14.5 Å². The lowest BCUT2D eigenvalue weighted by molar-refractivity contribution is 0.308. The van der Waals surface area contributed by atoms with E-state index in [-0.39, 0.29) is 0 Å². The third-order valence-corrected chi connectivity index (χ3v) is 7.51. The molecule has 8 nitrogen and oxygen atoms in total. The van der Waals surface area contributed by atoms with Crippen LogP contribution < -0.4 is 19.1 Å². The second-order valence-electron chi connectivity index (χ2n) is 10.4. The van der Waals surface area contributed by atoms with Crippen molar-refractivity contribution >= 4 is 27.1 Å². The van der Waals surface area contributed by atoms with Crippen molar-refractivity contribution in [1.29, 1.82) is 0 Å². The number of ether oxygens (including phenoxy) is 2. The van der Waals surface area contributed by atoms with Crippen molar-refractivity contribution in [2.24, 2.45) is 0 Å². The Bertz CT molecular complexity index is 1830. The molecule has 44 heavy (non-hydrogen) atoms. The standard InChI is InChI=1S/C35H33N3O5S/c1-26-34(37-44(3,39)40)10-5-11-35(26)38(24-27-12-16-29(36-2)17-13-27)25-28-14-18-31(19-15-28)43-33-8-4-7-32(23-33)42-22-20-30-9-6-21-41-30/h4-19,21,23,37H,20,22,24-25H2,1,3H3. The average molecular weight is 608 g/mol. The third kappa shape index (κ3) is 8.43. The van der Waals surface area contributed by atoms with Crippen LogP contribution in [0.2, 0.25) is 0 Å². The number of nitrogens with one attached hydrogen (secondary N) is 1. The Hall–Kier alpha value is -5.20. The van der Waals surface area contributed by atoms with Gasteiger partial charge < -0.3 is 18.8 Å². The van der Waals surface area contributed by atoms with Crippen LogP contribution in [0.15, 0.2) is 114 Å². The van der Waals surface area contributed by atoms with Crippen LogP contribution in [0, 0.1) is 13.5 Å². The molecule has 0 saturated carbocycles. The van der Waals surface area contributed by atoms with E-state index in [0.717, 1.165) is 34.4 Å². The van der Waals surface area contributed by atoms with Crippen LogP contribution in [-0.2, 0) is 29.5 Å². The predicted octanol–water partition coefficient (Wildman–Crippen LogP) is 8.13. The van der Waals surface area contributed by atoms with Crippen molar-refractivity contribution in [3.05, 3.63) is 143 Å². The van der Waals surface area contributed by atoms with Gasteiger partial charge in [-0.2, -0.15) is 0 Å². The zero-order chi connectivity index (χ0) is 30.9. The lowest BCUT2D eigenvalue weighted by Crippen LogP contribution is -2.23. The highest BCUT2D eigenvalue weighted by molar-refractivity contribution is 7.92. The van der Waals surface area contributed by atoms with E-state index in [1.807, 2.05) is 91.9 Å². The van der Waals surface area contributed by atoms with Gasteiger partial charge in [-0.1, -0.05) is 48.5 Å². The molecule has 0 radical (unpaired) electrons. The Balaban J connectivity index is 1.31. The first kappa shape index (κ1) is 30.3. The van der Waals surface area contributed by atoms with Crippen molar-refractivity contribution in [2.45, 2.75) is 26.4 Å². The van der Waals surface area contributed by atoms with Crippen LogP contribution >= 0.6 is 0 Å². The van der Waals surface area contributed by atoms with Crippen molar-refractivity contribution in [3.63, 3.8) is 0 Å². The maximum absolute atomic E-state index is 12.0. The number of nitrogens with zero attached hydrogens (tertiary/aromatic N) is 2. The molecule has 0 atom stereocenters. The van der Waals surface area contributed by atoms with Crippen LogP contribution in [0.5, 0.6) is 17.2 Å². The highest BCUT2D eigenvalue weighted by atomic mass is 32.2. The second kappa shape index (κ2) is 13.8. The van der Waals surface area contributed by atoms with Gasteiger partial charge >= 0.3 is 0 Å². The van der Waals surface area contributed by atoms with E-state index in [1.54, 1.807) is 24.5 Å². The maximum atomic E-state index is 12.0. The Kier molecular flexibility index (Phi) is 9.52. The number of hydrogen-bond acceptors (Lipinski definition) is 6. The molecular weight excluding hydrogens is 574 g/mol. The summed E-state index contributed by atoms with van der Waals surface area (Å²) in [4.78, 5) is 5.68. The van der Waals surface area contributed by atoms with Gasteiger partial charge in [0.2, 0.25) is 10.0 Å². The molecule has 5 rings (SSSR count). The quantitative estimate of drug-likeness (QED) is 0.136. The first-order chi connectivity index (χ1) is 21.3. The zero-order valence-electron chi connectivity index (χ0n) is 24.6. The summed E-state index contributed by atoms with van der Waals surface area (Å²) in [6.07, 6.45) is 3.48. The summed E-state index contributed by atoms with van der Waals surface area (Å²) in [5, 5.41) is 0. The van der Waals surface area contributed by atoms with Crippen molar-refractivity contribution in [2.75, 3.05) is 22.5 Å². The van der Waals surface area contributed by atoms with Crippen LogP contribution in [-0.4, -0.2) is 21.3 Å². The van der Waals surface area contributed by atoms with E-state index >= 15 is 0 Å². The molecular formula is C35H33N3O5S. The summed E-state index contributed by atoms with van der Waals surface area (Å²) < 4.78 is 43.9. The van der Waals surface area contributed by atoms with E-state index in [9.17, 15) is 8.42 Å². The highest BCUT2D eigenvalue weighted by Crippen LogP contribution is 2.31. The summed E-state index contributed by atoms with van der Waals surface area (Å²) in [7, 11) is -3.44. The minimum absolute atomic E-state index is 0.499. The largest absolute Gasteiger partial charge is 0.493 e. The average Bonchev–Trinajstić information content (AvgIpc) is 3.53. The van der Waals surface area contributed by atoms with Gasteiger partial charge in [-0.15, -0.1) is 0 Å². The Labute approximate surface area is 258 Å². The summed E-state index contributed by atoms with van der Waals surface area (Å²) in [6.45, 7) is 10.8. The molecule has 0 aliphatic heterocycles. The predicted molar refractivity (Wildman–Crippen MR) is 173 cm³/mol. The summed E-state index contributed by atoms with van der Waals surface area (Å²) >= 11 is 0. The first-order valence-electron chi connectivity index (χ1n) is 14.1. The fourth-order valence-electron chi connectivity index (χ4n) is 4.77. The molecule has 0 unspecified atom stereocenters. The monoisotopic (exact) mass is 607 g/mol. The Morgan fingerprint density at radius 3 is 2.18 bits per heavy atom. The second-order valence-corrected chi connectivity index (χ2v) is 12.1. The van der Waals surface area contributed by atoms with Crippen LogP contribution in [0.25, 0.3) is 4.85 Å². The van der Waals surface area contributed by atoms with Crippen molar-refractivity contribution in [1.82, 2.24) is 0 Å². The summed E-state index contributed by atoms with van der Waals surface area (Å²) in [5.41, 5.74) is 4.92. The van der Waals surface area contributed by atoms with E-state index in [4.69, 9.17) is 20.5 Å². The zero-order valence-corrected chi connectivity index (χ0v) is 25.4. The van der Waals surface area contributed by atoms with Gasteiger partial charge in [0, 0.05) is 31.3 Å². The number of sulfonamides is 1. The van der Waals surface area contributed by atoms with Gasteiger partial charge in [0.1, 0.15) is 23.0 Å². The fourth-order valence-corrected chi connectivity index (χ4v) is 5.39. The summed E-state index contributed by atoms with van der Waals surface area (Å²) in [5.74, 6) is 2.96. The van der Waals surface area contributed by atoms with Gasteiger partial charge in [-0.05, 0) is 72.1 Å². The smallest absolute Gasteiger partial charge is 0.229 e. The highest BCUT2D eigenvalue weighted by Gasteiger charge is 2.15. The van der Waals surface area contributed by atoms with Crippen molar-refractivity contribution < 1.29 is 22.3 Å². The van der Waals surface area contributed by atoms with Gasteiger partial charge in [0.05, 0.1) is 31.4 Å². The number of hydrogen-bond donors (Lipinski definition) is 1.